The van der Waals surface area contributed by atoms with Crippen LogP contribution in [0.1, 0.15) is 17.0 Å². The Morgan fingerprint density at radius 1 is 0.963 bits per heavy atom. The number of methoxy groups -OCH3 is 4. The van der Waals surface area contributed by atoms with E-state index in [-0.39, 0.29) is 5.75 Å². The van der Waals surface area contributed by atoms with Gasteiger partial charge in [-0.1, -0.05) is 18.2 Å². The number of carbonyl (C=O) groups is 2. The normalized spacial score (nSPS) is 18.1. The van der Waals surface area contributed by atoms with Crippen LogP contribution in [0.25, 0.3) is 0 Å². The SMILES string of the molecule is COC(=O)[C@@H]1C(=O)Oc2cc(OC)cc(OC)c2[C@H]1c1ccccc1OC. The lowest BCUT2D eigenvalue weighted by Gasteiger charge is -2.32. The van der Waals surface area contributed by atoms with Crippen molar-refractivity contribution in [3.8, 4) is 23.0 Å². The third kappa shape index (κ3) is 3.16. The average Bonchev–Trinajstić information content (AvgIpc) is 2.71. The lowest BCUT2D eigenvalue weighted by Crippen LogP contribution is -2.38. The van der Waals surface area contributed by atoms with E-state index in [0.717, 1.165) is 0 Å². The van der Waals surface area contributed by atoms with Crippen LogP contribution in [0, 0.1) is 5.92 Å². The lowest BCUT2D eigenvalue weighted by atomic mass is 9.77. The molecule has 3 rings (SSSR count). The van der Waals surface area contributed by atoms with E-state index < -0.39 is 23.8 Å². The fraction of sp³-hybridized carbons (Fsp3) is 0.300. The minimum absolute atomic E-state index is 0.271. The maximum atomic E-state index is 12.7. The fourth-order valence-electron chi connectivity index (χ4n) is 3.35. The van der Waals surface area contributed by atoms with Crippen LogP contribution in [-0.2, 0) is 14.3 Å². The molecule has 0 N–H and O–H groups in total. The molecule has 142 valence electrons. The van der Waals surface area contributed by atoms with Crippen LogP contribution in [0.5, 0.6) is 23.0 Å². The molecule has 1 aliphatic heterocycles. The van der Waals surface area contributed by atoms with E-state index >= 15 is 0 Å². The Labute approximate surface area is 156 Å². The molecule has 0 fully saturated rings. The molecule has 0 amide bonds. The van der Waals surface area contributed by atoms with Gasteiger partial charge in [-0.3, -0.25) is 9.59 Å². The molecule has 7 nitrogen and oxygen atoms in total. The van der Waals surface area contributed by atoms with E-state index in [0.29, 0.717) is 28.4 Å². The first kappa shape index (κ1) is 18.6. The summed E-state index contributed by atoms with van der Waals surface area (Å²) in [5.74, 6) is -1.59. The molecular formula is C20H20O7. The molecule has 1 aliphatic rings. The molecule has 0 radical (unpaired) electrons. The zero-order chi connectivity index (χ0) is 19.6. The van der Waals surface area contributed by atoms with Crippen molar-refractivity contribution in [3.05, 3.63) is 47.5 Å². The highest BCUT2D eigenvalue weighted by molar-refractivity contribution is 5.99. The fourth-order valence-corrected chi connectivity index (χ4v) is 3.35. The highest BCUT2D eigenvalue weighted by Crippen LogP contribution is 2.50. The molecule has 0 spiro atoms. The Morgan fingerprint density at radius 3 is 2.30 bits per heavy atom. The van der Waals surface area contributed by atoms with Gasteiger partial charge in [-0.05, 0) is 6.07 Å². The summed E-state index contributed by atoms with van der Waals surface area (Å²) in [5.41, 5.74) is 1.20. The van der Waals surface area contributed by atoms with E-state index in [9.17, 15) is 9.59 Å². The number of rotatable bonds is 5. The minimum Gasteiger partial charge on any atom is -0.496 e. The first-order valence-corrected chi connectivity index (χ1v) is 8.24. The summed E-state index contributed by atoms with van der Waals surface area (Å²) in [6, 6.07) is 10.4. The Hall–Kier alpha value is -3.22. The Bertz CT molecular complexity index is 875. The van der Waals surface area contributed by atoms with Gasteiger partial charge in [0.25, 0.3) is 0 Å². The van der Waals surface area contributed by atoms with Gasteiger partial charge in [0.15, 0.2) is 5.92 Å². The summed E-state index contributed by atoms with van der Waals surface area (Å²) in [6.07, 6.45) is 0. The average molecular weight is 372 g/mol. The number of hydrogen-bond donors (Lipinski definition) is 0. The standard InChI is InChI=1S/C20H20O7/c1-23-11-9-14(25-3)17-15(10-11)27-20(22)18(19(21)26-4)16(17)12-7-5-6-8-13(12)24-2/h5-10,16,18H,1-4H3/t16-,18-/m1/s1. The molecule has 0 saturated heterocycles. The molecule has 2 atom stereocenters. The maximum absolute atomic E-state index is 12.7. The largest absolute Gasteiger partial charge is 0.496 e. The summed E-state index contributed by atoms with van der Waals surface area (Å²) in [7, 11) is 5.76. The number of carbonyl (C=O) groups excluding carboxylic acids is 2. The molecule has 0 aromatic heterocycles. The molecular weight excluding hydrogens is 352 g/mol. The van der Waals surface area contributed by atoms with Crippen molar-refractivity contribution in [1.29, 1.82) is 0 Å². The van der Waals surface area contributed by atoms with Gasteiger partial charge in [0.05, 0.1) is 28.4 Å². The van der Waals surface area contributed by atoms with Crippen LogP contribution in [0.4, 0.5) is 0 Å². The molecule has 7 heteroatoms. The second-order valence-corrected chi connectivity index (χ2v) is 5.88. The molecule has 0 saturated carbocycles. The monoisotopic (exact) mass is 372 g/mol. The van der Waals surface area contributed by atoms with Crippen LogP contribution in [0.15, 0.2) is 36.4 Å². The van der Waals surface area contributed by atoms with Gasteiger partial charge in [-0.25, -0.2) is 0 Å². The van der Waals surface area contributed by atoms with Gasteiger partial charge in [-0.2, -0.15) is 0 Å². The summed E-state index contributed by atoms with van der Waals surface area (Å²) < 4.78 is 26.5. The quantitative estimate of drug-likeness (QED) is 0.453. The van der Waals surface area contributed by atoms with Gasteiger partial charge in [0.1, 0.15) is 23.0 Å². The number of hydrogen-bond acceptors (Lipinski definition) is 7. The molecule has 2 aromatic rings. The number of fused-ring (bicyclic) bond motifs is 1. The predicted octanol–water partition coefficient (Wildman–Crippen LogP) is 2.55. The van der Waals surface area contributed by atoms with Gasteiger partial charge < -0.3 is 23.7 Å². The highest BCUT2D eigenvalue weighted by Gasteiger charge is 2.47. The van der Waals surface area contributed by atoms with Crippen molar-refractivity contribution >= 4 is 11.9 Å². The number of benzene rings is 2. The summed E-state index contributed by atoms with van der Waals surface area (Å²) in [5, 5.41) is 0. The summed E-state index contributed by atoms with van der Waals surface area (Å²) >= 11 is 0. The van der Waals surface area contributed by atoms with Crippen LogP contribution in [0.2, 0.25) is 0 Å². The molecule has 1 heterocycles. The second-order valence-electron chi connectivity index (χ2n) is 5.88. The molecule has 0 bridgehead atoms. The van der Waals surface area contributed by atoms with Crippen molar-refractivity contribution < 1.29 is 33.3 Å². The van der Waals surface area contributed by atoms with E-state index in [2.05, 4.69) is 0 Å². The van der Waals surface area contributed by atoms with Crippen molar-refractivity contribution in [2.24, 2.45) is 5.92 Å². The van der Waals surface area contributed by atoms with Crippen molar-refractivity contribution in [2.75, 3.05) is 28.4 Å². The van der Waals surface area contributed by atoms with Gasteiger partial charge >= 0.3 is 11.9 Å². The minimum atomic E-state index is -1.19. The smallest absolute Gasteiger partial charge is 0.326 e. The van der Waals surface area contributed by atoms with Crippen LogP contribution < -0.4 is 18.9 Å². The van der Waals surface area contributed by atoms with Gasteiger partial charge in [0, 0.05) is 29.2 Å². The van der Waals surface area contributed by atoms with E-state index in [1.54, 1.807) is 24.3 Å². The van der Waals surface area contributed by atoms with Crippen LogP contribution in [0.3, 0.4) is 0 Å². The van der Waals surface area contributed by atoms with Gasteiger partial charge in [-0.15, -0.1) is 0 Å². The van der Waals surface area contributed by atoms with E-state index in [1.165, 1.54) is 28.4 Å². The Balaban J connectivity index is 2.32. The third-order valence-corrected chi connectivity index (χ3v) is 4.57. The second kappa shape index (κ2) is 7.57. The Morgan fingerprint density at radius 2 is 1.67 bits per heavy atom. The van der Waals surface area contributed by atoms with E-state index in [4.69, 9.17) is 23.7 Å². The first-order chi connectivity index (χ1) is 13.0. The highest BCUT2D eigenvalue weighted by atomic mass is 16.6. The molecule has 0 unspecified atom stereocenters. The summed E-state index contributed by atoms with van der Waals surface area (Å²) in [6.45, 7) is 0. The van der Waals surface area contributed by atoms with Crippen LogP contribution in [-0.4, -0.2) is 40.4 Å². The van der Waals surface area contributed by atoms with E-state index in [1.807, 2.05) is 12.1 Å². The summed E-state index contributed by atoms with van der Waals surface area (Å²) in [4.78, 5) is 25.2. The molecule has 0 aliphatic carbocycles. The first-order valence-electron chi connectivity index (χ1n) is 8.24. The third-order valence-electron chi connectivity index (χ3n) is 4.57. The number of ether oxygens (including phenoxy) is 5. The zero-order valence-corrected chi connectivity index (χ0v) is 15.5. The van der Waals surface area contributed by atoms with Crippen LogP contribution >= 0.6 is 0 Å². The maximum Gasteiger partial charge on any atom is 0.326 e. The number of para-hydroxylation sites is 1. The molecule has 27 heavy (non-hydrogen) atoms. The lowest BCUT2D eigenvalue weighted by molar-refractivity contribution is -0.157. The van der Waals surface area contributed by atoms with Crippen molar-refractivity contribution in [2.45, 2.75) is 5.92 Å². The zero-order valence-electron chi connectivity index (χ0n) is 15.5. The van der Waals surface area contributed by atoms with Gasteiger partial charge in [0.2, 0.25) is 0 Å². The molecule has 2 aromatic carbocycles. The number of esters is 2. The topological polar surface area (TPSA) is 80.3 Å². The Kier molecular flexibility index (Phi) is 5.21. The van der Waals surface area contributed by atoms with Crippen molar-refractivity contribution in [1.82, 2.24) is 0 Å². The van der Waals surface area contributed by atoms with Crippen molar-refractivity contribution in [3.63, 3.8) is 0 Å². The predicted molar refractivity (Wildman–Crippen MR) is 95.5 cm³/mol.